The summed E-state index contributed by atoms with van der Waals surface area (Å²) in [5.74, 6) is 2.41. The first-order valence-corrected chi connectivity index (χ1v) is 10.2. The molecule has 0 saturated carbocycles. The van der Waals surface area contributed by atoms with Gasteiger partial charge in [-0.25, -0.2) is 0 Å². The van der Waals surface area contributed by atoms with Crippen molar-refractivity contribution in [2.24, 2.45) is 0 Å². The van der Waals surface area contributed by atoms with Gasteiger partial charge in [-0.3, -0.25) is 4.79 Å². The van der Waals surface area contributed by atoms with Gasteiger partial charge in [0.05, 0.1) is 12.2 Å². The second-order valence-electron chi connectivity index (χ2n) is 7.29. The van der Waals surface area contributed by atoms with Crippen molar-refractivity contribution in [3.8, 4) is 17.6 Å². The molecule has 8 nitrogen and oxygen atoms in total. The number of hydrogen-bond acceptors (Lipinski definition) is 6. The average molecular weight is 409 g/mol. The molecule has 0 aliphatic carbocycles. The second kappa shape index (κ2) is 9.92. The standard InChI is InChI=1S/C22H27N5O3/c1-4-29-19-13-16(9-10-18(19)30-15-21(28)26(2)3)12-17(14-23)22-25-24-20-8-6-5-7-11-27(20)22/h9-10,12-13H,4-8,11,15H2,1-3H3/b17-12+. The fraction of sp³-hybridized carbons (Fsp3) is 0.455. The number of nitrogens with zero attached hydrogens (tertiary/aromatic N) is 5. The number of benzene rings is 1. The van der Waals surface area contributed by atoms with Crippen molar-refractivity contribution < 1.29 is 14.3 Å². The Morgan fingerprint density at radius 1 is 1.23 bits per heavy atom. The van der Waals surface area contributed by atoms with Gasteiger partial charge in [-0.1, -0.05) is 12.5 Å². The molecule has 1 aliphatic heterocycles. The first-order chi connectivity index (χ1) is 14.5. The van der Waals surface area contributed by atoms with Gasteiger partial charge >= 0.3 is 0 Å². The number of rotatable bonds is 7. The molecule has 0 fully saturated rings. The Labute approximate surface area is 176 Å². The van der Waals surface area contributed by atoms with Gasteiger partial charge in [0.15, 0.2) is 23.9 Å². The van der Waals surface area contributed by atoms with E-state index in [0.29, 0.717) is 29.5 Å². The number of allylic oxidation sites excluding steroid dienone is 1. The number of fused-ring (bicyclic) bond motifs is 1. The van der Waals surface area contributed by atoms with Crippen LogP contribution in [0, 0.1) is 11.3 Å². The molecular weight excluding hydrogens is 382 g/mol. The summed E-state index contributed by atoms with van der Waals surface area (Å²) in [7, 11) is 3.36. The lowest BCUT2D eigenvalue weighted by atomic mass is 10.1. The second-order valence-corrected chi connectivity index (χ2v) is 7.29. The summed E-state index contributed by atoms with van der Waals surface area (Å²) in [6.07, 6.45) is 5.98. The molecule has 1 aromatic heterocycles. The molecule has 158 valence electrons. The van der Waals surface area contributed by atoms with E-state index in [9.17, 15) is 10.1 Å². The number of amides is 1. The lowest BCUT2D eigenvalue weighted by Crippen LogP contribution is -2.27. The number of ether oxygens (including phenoxy) is 2. The summed E-state index contributed by atoms with van der Waals surface area (Å²) < 4.78 is 13.4. The quantitative estimate of drug-likeness (QED) is 0.653. The maximum atomic E-state index is 11.8. The number of carbonyl (C=O) groups is 1. The van der Waals surface area contributed by atoms with Crippen molar-refractivity contribution in [3.63, 3.8) is 0 Å². The highest BCUT2D eigenvalue weighted by Gasteiger charge is 2.18. The van der Waals surface area contributed by atoms with Crippen molar-refractivity contribution in [3.05, 3.63) is 35.4 Å². The Morgan fingerprint density at radius 2 is 2.07 bits per heavy atom. The summed E-state index contributed by atoms with van der Waals surface area (Å²) in [6.45, 7) is 3.09. The topological polar surface area (TPSA) is 93.3 Å². The highest BCUT2D eigenvalue weighted by Crippen LogP contribution is 2.30. The van der Waals surface area contributed by atoms with E-state index in [1.54, 1.807) is 32.3 Å². The molecule has 1 amide bonds. The predicted octanol–water partition coefficient (Wildman–Crippen LogP) is 2.93. The van der Waals surface area contributed by atoms with Crippen LogP contribution in [0.2, 0.25) is 0 Å². The SMILES string of the molecule is CCOc1cc(/C=C(\C#N)c2nnc3n2CCCCC3)ccc1OCC(=O)N(C)C. The third-order valence-electron chi connectivity index (χ3n) is 4.90. The molecule has 0 bridgehead atoms. The minimum atomic E-state index is -0.138. The van der Waals surface area contributed by atoms with Crippen LogP contribution in [0.1, 0.15) is 43.4 Å². The minimum absolute atomic E-state index is 0.0718. The number of aromatic nitrogens is 3. The highest BCUT2D eigenvalue weighted by atomic mass is 16.5. The van der Waals surface area contributed by atoms with Crippen LogP contribution in [0.4, 0.5) is 0 Å². The van der Waals surface area contributed by atoms with Crippen molar-refractivity contribution in [2.75, 3.05) is 27.3 Å². The zero-order valence-corrected chi connectivity index (χ0v) is 17.7. The van der Waals surface area contributed by atoms with E-state index < -0.39 is 0 Å². The van der Waals surface area contributed by atoms with Gasteiger partial charge in [-0.05, 0) is 43.5 Å². The van der Waals surface area contributed by atoms with Crippen LogP contribution in [0.3, 0.4) is 0 Å². The molecule has 30 heavy (non-hydrogen) atoms. The number of hydrogen-bond donors (Lipinski definition) is 0. The number of likely N-dealkylation sites (N-methyl/N-ethyl adjacent to an activating group) is 1. The van der Waals surface area contributed by atoms with E-state index in [1.165, 1.54) is 4.90 Å². The third-order valence-corrected chi connectivity index (χ3v) is 4.90. The molecule has 3 rings (SSSR count). The highest BCUT2D eigenvalue weighted by molar-refractivity contribution is 5.87. The molecule has 0 spiro atoms. The zero-order valence-electron chi connectivity index (χ0n) is 17.7. The van der Waals surface area contributed by atoms with Crippen LogP contribution in [0.5, 0.6) is 11.5 Å². The molecule has 2 aromatic rings. The Morgan fingerprint density at radius 3 is 2.80 bits per heavy atom. The monoisotopic (exact) mass is 409 g/mol. The van der Waals surface area contributed by atoms with E-state index in [2.05, 4.69) is 20.8 Å². The Balaban J connectivity index is 1.88. The summed E-state index contributed by atoms with van der Waals surface area (Å²) in [4.78, 5) is 13.3. The first kappa shape index (κ1) is 21.4. The molecule has 0 radical (unpaired) electrons. The fourth-order valence-electron chi connectivity index (χ4n) is 3.27. The van der Waals surface area contributed by atoms with Gasteiger partial charge < -0.3 is 18.9 Å². The Bertz CT molecular complexity index is 972. The van der Waals surface area contributed by atoms with Gasteiger partial charge in [0.1, 0.15) is 11.9 Å². The predicted molar refractivity (Wildman–Crippen MR) is 113 cm³/mol. The molecule has 2 heterocycles. The smallest absolute Gasteiger partial charge is 0.259 e. The Kier molecular flexibility index (Phi) is 7.07. The van der Waals surface area contributed by atoms with Gasteiger partial charge in [-0.2, -0.15) is 5.26 Å². The van der Waals surface area contributed by atoms with Gasteiger partial charge in [0.25, 0.3) is 5.91 Å². The molecule has 0 N–H and O–H groups in total. The first-order valence-electron chi connectivity index (χ1n) is 10.2. The summed E-state index contributed by atoms with van der Waals surface area (Å²) in [5.41, 5.74) is 1.24. The third kappa shape index (κ3) is 4.98. The van der Waals surface area contributed by atoms with Crippen LogP contribution >= 0.6 is 0 Å². The summed E-state index contributed by atoms with van der Waals surface area (Å²) in [6, 6.07) is 7.64. The summed E-state index contributed by atoms with van der Waals surface area (Å²) in [5, 5.41) is 18.3. The normalized spacial score (nSPS) is 13.7. The number of carbonyl (C=O) groups excluding carboxylic acids is 1. The van der Waals surface area contributed by atoms with Gasteiger partial charge in [-0.15, -0.1) is 10.2 Å². The Hall–Kier alpha value is -3.34. The molecule has 1 aromatic carbocycles. The molecule has 0 atom stereocenters. The van der Waals surface area contributed by atoms with Crippen molar-refractivity contribution in [1.29, 1.82) is 5.26 Å². The van der Waals surface area contributed by atoms with Crippen LogP contribution in [-0.4, -0.2) is 52.9 Å². The van der Waals surface area contributed by atoms with Crippen LogP contribution in [0.15, 0.2) is 18.2 Å². The zero-order chi connectivity index (χ0) is 21.5. The van der Waals surface area contributed by atoms with Crippen molar-refractivity contribution >= 4 is 17.6 Å². The van der Waals surface area contributed by atoms with Crippen molar-refractivity contribution in [2.45, 2.75) is 39.2 Å². The molecular formula is C22H27N5O3. The molecule has 8 heteroatoms. The van der Waals surface area contributed by atoms with E-state index >= 15 is 0 Å². The molecule has 0 saturated heterocycles. The number of aryl methyl sites for hydroxylation is 1. The lowest BCUT2D eigenvalue weighted by molar-refractivity contribution is -0.130. The number of nitriles is 1. The van der Waals surface area contributed by atoms with E-state index in [4.69, 9.17) is 9.47 Å². The fourth-order valence-corrected chi connectivity index (χ4v) is 3.27. The van der Waals surface area contributed by atoms with Crippen molar-refractivity contribution in [1.82, 2.24) is 19.7 Å². The molecule has 0 unspecified atom stereocenters. The van der Waals surface area contributed by atoms with Crippen LogP contribution in [-0.2, 0) is 17.8 Å². The van der Waals surface area contributed by atoms with E-state index in [1.807, 2.05) is 13.0 Å². The largest absolute Gasteiger partial charge is 0.490 e. The average Bonchev–Trinajstić information content (AvgIpc) is 2.98. The summed E-state index contributed by atoms with van der Waals surface area (Å²) >= 11 is 0. The molecule has 1 aliphatic rings. The van der Waals surface area contributed by atoms with Gasteiger partial charge in [0, 0.05) is 27.1 Å². The van der Waals surface area contributed by atoms with E-state index in [-0.39, 0.29) is 12.5 Å². The maximum absolute atomic E-state index is 11.8. The van der Waals surface area contributed by atoms with Crippen LogP contribution < -0.4 is 9.47 Å². The lowest BCUT2D eigenvalue weighted by Gasteiger charge is -2.14. The van der Waals surface area contributed by atoms with E-state index in [0.717, 1.165) is 43.6 Å². The van der Waals surface area contributed by atoms with Gasteiger partial charge in [0.2, 0.25) is 0 Å². The minimum Gasteiger partial charge on any atom is -0.490 e. The van der Waals surface area contributed by atoms with Crippen LogP contribution in [0.25, 0.3) is 11.6 Å². The maximum Gasteiger partial charge on any atom is 0.259 e.